The number of hydrogen-bond donors (Lipinski definition) is 3. The number of rotatable bonds is 4. The predicted octanol–water partition coefficient (Wildman–Crippen LogP) is 1.11. The van der Waals surface area contributed by atoms with Crippen LogP contribution >= 0.6 is 0 Å². The molecule has 7 nitrogen and oxygen atoms in total. The SMILES string of the molecule is COc1ccc(S(=O)(=O)Nc2[nH]ncc2C)c(N)c1. The molecule has 19 heavy (non-hydrogen) atoms. The first-order chi connectivity index (χ1) is 8.94. The maximum Gasteiger partial charge on any atom is 0.265 e. The minimum Gasteiger partial charge on any atom is -0.497 e. The van der Waals surface area contributed by atoms with Gasteiger partial charge in [-0.05, 0) is 19.1 Å². The lowest BCUT2D eigenvalue weighted by Crippen LogP contribution is -2.15. The second-order valence-corrected chi connectivity index (χ2v) is 5.59. The molecule has 0 aliphatic heterocycles. The van der Waals surface area contributed by atoms with Gasteiger partial charge in [-0.15, -0.1) is 0 Å². The average molecular weight is 282 g/mol. The molecule has 0 amide bonds. The Labute approximate surface area is 110 Å². The second-order valence-electron chi connectivity index (χ2n) is 3.94. The number of H-pyrrole nitrogens is 1. The van der Waals surface area contributed by atoms with Gasteiger partial charge >= 0.3 is 0 Å². The third-order valence-corrected chi connectivity index (χ3v) is 4.00. The number of anilines is 2. The summed E-state index contributed by atoms with van der Waals surface area (Å²) in [6.07, 6.45) is 1.52. The summed E-state index contributed by atoms with van der Waals surface area (Å²) in [5, 5.41) is 6.31. The molecule has 0 unspecified atom stereocenters. The van der Waals surface area contributed by atoms with Gasteiger partial charge in [0.25, 0.3) is 10.0 Å². The first kappa shape index (κ1) is 13.2. The molecule has 1 aromatic heterocycles. The van der Waals surface area contributed by atoms with Crippen molar-refractivity contribution in [2.45, 2.75) is 11.8 Å². The van der Waals surface area contributed by atoms with Crippen molar-refractivity contribution in [3.05, 3.63) is 30.0 Å². The number of ether oxygens (including phenoxy) is 1. The van der Waals surface area contributed by atoms with Gasteiger partial charge in [-0.2, -0.15) is 5.10 Å². The van der Waals surface area contributed by atoms with Gasteiger partial charge in [0.15, 0.2) is 0 Å². The van der Waals surface area contributed by atoms with Crippen LogP contribution < -0.4 is 15.2 Å². The normalized spacial score (nSPS) is 11.3. The van der Waals surface area contributed by atoms with E-state index in [2.05, 4.69) is 14.9 Å². The Hall–Kier alpha value is -2.22. The van der Waals surface area contributed by atoms with Gasteiger partial charge in [0.05, 0.1) is 19.0 Å². The molecule has 1 aromatic carbocycles. The molecule has 1 heterocycles. The number of aromatic amines is 1. The van der Waals surface area contributed by atoms with E-state index in [1.165, 1.54) is 31.5 Å². The second kappa shape index (κ2) is 4.81. The highest BCUT2D eigenvalue weighted by Gasteiger charge is 2.19. The van der Waals surface area contributed by atoms with Crippen LogP contribution in [0.3, 0.4) is 0 Å². The fourth-order valence-corrected chi connectivity index (χ4v) is 2.74. The van der Waals surface area contributed by atoms with Gasteiger partial charge in [-0.25, -0.2) is 8.42 Å². The van der Waals surface area contributed by atoms with Crippen LogP contribution in [-0.4, -0.2) is 25.7 Å². The summed E-state index contributed by atoms with van der Waals surface area (Å²) >= 11 is 0. The molecule has 0 fully saturated rings. The van der Waals surface area contributed by atoms with Gasteiger partial charge < -0.3 is 10.5 Å². The summed E-state index contributed by atoms with van der Waals surface area (Å²) < 4.78 is 31.8. The van der Waals surface area contributed by atoms with Crippen molar-refractivity contribution < 1.29 is 13.2 Å². The van der Waals surface area contributed by atoms with Crippen molar-refractivity contribution in [1.82, 2.24) is 10.2 Å². The Morgan fingerprint density at radius 2 is 2.16 bits per heavy atom. The van der Waals surface area contributed by atoms with Crippen LogP contribution in [0.4, 0.5) is 11.5 Å². The van der Waals surface area contributed by atoms with Gasteiger partial charge in [-0.1, -0.05) is 0 Å². The van der Waals surface area contributed by atoms with Crippen molar-refractivity contribution >= 4 is 21.5 Å². The number of nitrogens with zero attached hydrogens (tertiary/aromatic N) is 1. The van der Waals surface area contributed by atoms with Crippen molar-refractivity contribution in [3.8, 4) is 5.75 Å². The zero-order valence-electron chi connectivity index (χ0n) is 10.5. The lowest BCUT2D eigenvalue weighted by atomic mass is 10.3. The summed E-state index contributed by atoms with van der Waals surface area (Å²) in [6.45, 7) is 1.73. The summed E-state index contributed by atoms with van der Waals surface area (Å²) in [7, 11) is -2.28. The number of hydrogen-bond acceptors (Lipinski definition) is 5. The van der Waals surface area contributed by atoms with Crippen LogP contribution in [-0.2, 0) is 10.0 Å². The Kier molecular flexibility index (Phi) is 3.34. The molecule has 8 heteroatoms. The lowest BCUT2D eigenvalue weighted by Gasteiger charge is -2.10. The highest BCUT2D eigenvalue weighted by molar-refractivity contribution is 7.92. The fourth-order valence-electron chi connectivity index (χ4n) is 1.54. The summed E-state index contributed by atoms with van der Waals surface area (Å²) in [5.74, 6) is 0.810. The molecule has 2 rings (SSSR count). The number of nitrogens with one attached hydrogen (secondary N) is 2. The molecule has 4 N–H and O–H groups in total. The van der Waals surface area contributed by atoms with Crippen molar-refractivity contribution in [3.63, 3.8) is 0 Å². The standard InChI is InChI=1S/C11H14N4O3S/c1-7-6-13-14-11(7)15-19(16,17)10-4-3-8(18-2)5-9(10)12/h3-6H,12H2,1-2H3,(H2,13,14,15). The monoisotopic (exact) mass is 282 g/mol. The Morgan fingerprint density at radius 1 is 1.42 bits per heavy atom. The van der Waals surface area contributed by atoms with Gasteiger partial charge in [-0.3, -0.25) is 9.82 Å². The van der Waals surface area contributed by atoms with E-state index >= 15 is 0 Å². The van der Waals surface area contributed by atoms with E-state index in [-0.39, 0.29) is 10.6 Å². The Morgan fingerprint density at radius 3 is 2.68 bits per heavy atom. The Bertz CT molecular complexity index is 694. The number of nitrogen functional groups attached to an aromatic ring is 1. The number of aryl methyl sites for hydroxylation is 1. The van der Waals surface area contributed by atoms with E-state index in [0.717, 1.165) is 0 Å². The minimum absolute atomic E-state index is 0.0118. The molecule has 0 aliphatic rings. The number of nitrogens with two attached hydrogens (primary N) is 1. The molecule has 0 spiro atoms. The summed E-state index contributed by atoms with van der Waals surface area (Å²) in [4.78, 5) is -0.0118. The van der Waals surface area contributed by atoms with Crippen molar-refractivity contribution in [1.29, 1.82) is 0 Å². The van der Waals surface area contributed by atoms with E-state index in [0.29, 0.717) is 17.1 Å². The van der Waals surface area contributed by atoms with E-state index in [1.807, 2.05) is 0 Å². The zero-order valence-corrected chi connectivity index (χ0v) is 11.3. The van der Waals surface area contributed by atoms with Gasteiger partial charge in [0.2, 0.25) is 0 Å². The zero-order chi connectivity index (χ0) is 14.0. The number of aromatic nitrogens is 2. The topological polar surface area (TPSA) is 110 Å². The van der Waals surface area contributed by atoms with Crippen LogP contribution in [0, 0.1) is 6.92 Å². The Balaban J connectivity index is 2.37. The van der Waals surface area contributed by atoms with Gasteiger partial charge in [0, 0.05) is 11.6 Å². The van der Waals surface area contributed by atoms with Crippen LogP contribution in [0.15, 0.2) is 29.3 Å². The molecule has 0 saturated heterocycles. The minimum atomic E-state index is -3.76. The predicted molar refractivity (Wildman–Crippen MR) is 71.5 cm³/mol. The summed E-state index contributed by atoms with van der Waals surface area (Å²) in [6, 6.07) is 4.38. The molecule has 0 saturated carbocycles. The third-order valence-electron chi connectivity index (χ3n) is 2.57. The van der Waals surface area contributed by atoms with E-state index in [9.17, 15) is 8.42 Å². The van der Waals surface area contributed by atoms with E-state index < -0.39 is 10.0 Å². The summed E-state index contributed by atoms with van der Waals surface area (Å²) in [5.41, 5.74) is 6.53. The highest BCUT2D eigenvalue weighted by Crippen LogP contribution is 2.25. The van der Waals surface area contributed by atoms with Crippen LogP contribution in [0.5, 0.6) is 5.75 Å². The van der Waals surface area contributed by atoms with Crippen LogP contribution in [0.2, 0.25) is 0 Å². The molecular formula is C11H14N4O3S. The smallest absolute Gasteiger partial charge is 0.265 e. The van der Waals surface area contributed by atoms with Crippen molar-refractivity contribution in [2.75, 3.05) is 17.6 Å². The quantitative estimate of drug-likeness (QED) is 0.728. The molecule has 0 aliphatic carbocycles. The third kappa shape index (κ3) is 2.63. The van der Waals surface area contributed by atoms with Crippen molar-refractivity contribution in [2.24, 2.45) is 0 Å². The molecule has 0 bridgehead atoms. The first-order valence-electron chi connectivity index (χ1n) is 5.40. The molecular weight excluding hydrogens is 268 g/mol. The number of sulfonamides is 1. The molecule has 0 radical (unpaired) electrons. The largest absolute Gasteiger partial charge is 0.497 e. The fraction of sp³-hybridized carbons (Fsp3) is 0.182. The van der Waals surface area contributed by atoms with E-state index in [1.54, 1.807) is 6.92 Å². The van der Waals surface area contributed by atoms with Gasteiger partial charge in [0.1, 0.15) is 16.5 Å². The average Bonchev–Trinajstić information content (AvgIpc) is 2.73. The molecule has 102 valence electrons. The maximum absolute atomic E-state index is 12.2. The van der Waals surface area contributed by atoms with Crippen LogP contribution in [0.1, 0.15) is 5.56 Å². The first-order valence-corrected chi connectivity index (χ1v) is 6.88. The van der Waals surface area contributed by atoms with Crippen LogP contribution in [0.25, 0.3) is 0 Å². The number of benzene rings is 1. The molecule has 0 atom stereocenters. The lowest BCUT2D eigenvalue weighted by molar-refractivity contribution is 0.414. The maximum atomic E-state index is 12.2. The molecule has 2 aromatic rings. The van der Waals surface area contributed by atoms with E-state index in [4.69, 9.17) is 10.5 Å². The highest BCUT2D eigenvalue weighted by atomic mass is 32.2. The number of methoxy groups -OCH3 is 1.